The van der Waals surface area contributed by atoms with Crippen LogP contribution in [0, 0.1) is 0 Å². The zero-order valence-electron chi connectivity index (χ0n) is 16.8. The number of aryl methyl sites for hydroxylation is 2. The predicted molar refractivity (Wildman–Crippen MR) is 126 cm³/mol. The first-order valence-electron chi connectivity index (χ1n) is 8.64. The summed E-state index contributed by atoms with van der Waals surface area (Å²) in [6.45, 7) is 1.64. The molecular weight excluding hydrogens is 641 g/mol. The Hall–Kier alpha value is 0.369. The summed E-state index contributed by atoms with van der Waals surface area (Å²) in [4.78, 5) is 7.65. The number of aromatic nitrogens is 6. The second-order valence-electron chi connectivity index (χ2n) is 5.91. The SMILES string of the molecule is ClC(Cl)(Cl)CCCCn1cncn1.ClC(Cl)(Cl)CCCCn1cncn1.O.O=S(=O)(O)O.[Cu]. The largest absolute Gasteiger partial charge is 0.412 e. The molecule has 0 aliphatic carbocycles. The van der Waals surface area contributed by atoms with E-state index in [2.05, 4.69) is 20.2 Å². The van der Waals surface area contributed by atoms with Gasteiger partial charge < -0.3 is 5.48 Å². The Labute approximate surface area is 232 Å². The molecule has 11 nitrogen and oxygen atoms in total. The Morgan fingerprint density at radius 2 is 1.03 bits per heavy atom. The fraction of sp³-hybridized carbons (Fsp3) is 0.714. The van der Waals surface area contributed by atoms with E-state index in [9.17, 15) is 0 Å². The van der Waals surface area contributed by atoms with Crippen molar-refractivity contribution in [1.82, 2.24) is 29.5 Å². The van der Waals surface area contributed by atoms with E-state index in [4.69, 9.17) is 87.1 Å². The Morgan fingerprint density at radius 3 is 1.24 bits per heavy atom. The van der Waals surface area contributed by atoms with Gasteiger partial charge in [0.15, 0.2) is 7.59 Å². The molecule has 2 aromatic rings. The minimum absolute atomic E-state index is 0. The summed E-state index contributed by atoms with van der Waals surface area (Å²) in [6, 6.07) is 0. The number of unbranched alkanes of at least 4 members (excludes halogenated alkanes) is 2. The molecule has 2 aromatic heterocycles. The number of hydrogen-bond donors (Lipinski definition) is 2. The van der Waals surface area contributed by atoms with E-state index in [1.165, 1.54) is 12.7 Å². The minimum atomic E-state index is -4.67. The molecule has 33 heavy (non-hydrogen) atoms. The molecule has 0 amide bonds. The third-order valence-electron chi connectivity index (χ3n) is 3.13. The number of rotatable bonds is 8. The van der Waals surface area contributed by atoms with E-state index < -0.39 is 18.0 Å². The first kappa shape index (κ1) is 37.9. The smallest absolute Gasteiger partial charge is 0.394 e. The van der Waals surface area contributed by atoms with Gasteiger partial charge in [-0.15, -0.1) is 0 Å². The van der Waals surface area contributed by atoms with Crippen LogP contribution in [0.5, 0.6) is 0 Å². The quantitative estimate of drug-likeness (QED) is 0.184. The van der Waals surface area contributed by atoms with Gasteiger partial charge in [0.05, 0.1) is 0 Å². The number of nitrogens with zero attached hydrogens (tertiary/aromatic N) is 6. The fourth-order valence-electron chi connectivity index (χ4n) is 1.89. The van der Waals surface area contributed by atoms with Crippen LogP contribution in [0.25, 0.3) is 0 Å². The first-order valence-corrected chi connectivity index (χ1v) is 12.3. The monoisotopic (exact) mass is 661 g/mol. The Bertz CT molecular complexity index is 730. The first-order chi connectivity index (χ1) is 14.2. The Kier molecular flexibility index (Phi) is 22.5. The van der Waals surface area contributed by atoms with Crippen LogP contribution in [0.1, 0.15) is 38.5 Å². The van der Waals surface area contributed by atoms with Crippen LogP contribution in [0.3, 0.4) is 0 Å². The van der Waals surface area contributed by atoms with Gasteiger partial charge in [-0.25, -0.2) is 9.97 Å². The zero-order valence-corrected chi connectivity index (χ0v) is 23.1. The van der Waals surface area contributed by atoms with E-state index in [1.807, 2.05) is 0 Å². The maximum Gasteiger partial charge on any atom is 0.394 e. The molecule has 0 bridgehead atoms. The molecule has 0 saturated carbocycles. The summed E-state index contributed by atoms with van der Waals surface area (Å²) in [5.41, 5.74) is 0. The molecule has 0 saturated heterocycles. The molecule has 0 aliphatic heterocycles. The normalized spacial score (nSPS) is 11.2. The van der Waals surface area contributed by atoms with Crippen LogP contribution >= 0.6 is 69.6 Å². The van der Waals surface area contributed by atoms with Crippen molar-refractivity contribution in [3.63, 3.8) is 0 Å². The summed E-state index contributed by atoms with van der Waals surface area (Å²) < 4.78 is 32.9. The van der Waals surface area contributed by atoms with Gasteiger partial charge in [-0.05, 0) is 38.5 Å². The summed E-state index contributed by atoms with van der Waals surface area (Å²) >= 11 is 33.5. The van der Waals surface area contributed by atoms with E-state index >= 15 is 0 Å². The molecule has 2 rings (SSSR count). The second kappa shape index (κ2) is 19.5. The summed E-state index contributed by atoms with van der Waals surface area (Å²) in [7, 11) is -4.67. The average molecular weight is 665 g/mol. The van der Waals surface area contributed by atoms with Gasteiger partial charge in [-0.1, -0.05) is 69.6 Å². The van der Waals surface area contributed by atoms with Gasteiger partial charge in [-0.3, -0.25) is 18.5 Å². The Morgan fingerprint density at radius 1 is 0.727 bits per heavy atom. The molecule has 19 heteroatoms. The number of halogens is 6. The molecule has 4 N–H and O–H groups in total. The molecule has 0 fully saturated rings. The van der Waals surface area contributed by atoms with Crippen LogP contribution in [0.4, 0.5) is 0 Å². The van der Waals surface area contributed by atoms with Crippen molar-refractivity contribution in [2.45, 2.75) is 59.2 Å². The van der Waals surface area contributed by atoms with Crippen molar-refractivity contribution < 1.29 is 40.1 Å². The predicted octanol–water partition coefficient (Wildman–Crippen LogP) is 4.16. The van der Waals surface area contributed by atoms with Gasteiger partial charge in [0, 0.05) is 30.2 Å². The maximum atomic E-state index is 8.74. The van der Waals surface area contributed by atoms with Crippen molar-refractivity contribution in [2.75, 3.05) is 0 Å². The molecule has 0 aliphatic rings. The van der Waals surface area contributed by atoms with Crippen LogP contribution < -0.4 is 0 Å². The van der Waals surface area contributed by atoms with Crippen LogP contribution in [-0.2, 0) is 40.6 Å². The maximum absolute atomic E-state index is 8.74. The van der Waals surface area contributed by atoms with E-state index in [-0.39, 0.29) is 22.5 Å². The molecular formula is C14H24Cl6CuN6O5S. The van der Waals surface area contributed by atoms with Gasteiger partial charge in [0.2, 0.25) is 0 Å². The molecule has 199 valence electrons. The van der Waals surface area contributed by atoms with E-state index in [0.29, 0.717) is 12.8 Å². The third kappa shape index (κ3) is 32.4. The average Bonchev–Trinajstić information content (AvgIpc) is 3.27. The summed E-state index contributed by atoms with van der Waals surface area (Å²) in [5, 5.41) is 7.91. The van der Waals surface area contributed by atoms with Crippen LogP contribution in [0.2, 0.25) is 0 Å². The summed E-state index contributed by atoms with van der Waals surface area (Å²) in [6.07, 6.45) is 11.1. The molecule has 2 heterocycles. The number of hydrogen-bond acceptors (Lipinski definition) is 6. The summed E-state index contributed by atoms with van der Waals surface area (Å²) in [5.74, 6) is 0. The van der Waals surface area contributed by atoms with Gasteiger partial charge in [0.1, 0.15) is 25.3 Å². The molecule has 0 unspecified atom stereocenters. The van der Waals surface area contributed by atoms with Gasteiger partial charge in [-0.2, -0.15) is 18.6 Å². The molecule has 0 atom stereocenters. The Balaban J connectivity index is -0.000000433. The molecule has 1 radical (unpaired) electrons. The topological polar surface area (TPSA) is 168 Å². The zero-order chi connectivity index (χ0) is 24.0. The van der Waals surface area contributed by atoms with Crippen molar-refractivity contribution in [3.05, 3.63) is 25.3 Å². The van der Waals surface area contributed by atoms with Gasteiger partial charge in [0.25, 0.3) is 0 Å². The van der Waals surface area contributed by atoms with Crippen molar-refractivity contribution in [1.29, 1.82) is 0 Å². The van der Waals surface area contributed by atoms with Crippen molar-refractivity contribution in [2.24, 2.45) is 0 Å². The van der Waals surface area contributed by atoms with E-state index in [1.54, 1.807) is 22.0 Å². The fourth-order valence-corrected chi connectivity index (χ4v) is 2.70. The van der Waals surface area contributed by atoms with Crippen LogP contribution in [0.15, 0.2) is 25.3 Å². The minimum Gasteiger partial charge on any atom is -0.412 e. The molecule has 0 aromatic carbocycles. The standard InChI is InChI=1S/2C7H10Cl3N3.Cu.H2O4S.H2O/c2*8-7(9,10)3-1-2-4-13-6-11-5-12-13;;1-5(2,3)4;/h2*5-6H,1-4H2;;(H2,1,2,3,4);1H2. The molecule has 0 spiro atoms. The van der Waals surface area contributed by atoms with Crippen molar-refractivity contribution in [3.8, 4) is 0 Å². The van der Waals surface area contributed by atoms with Crippen LogP contribution in [-0.4, -0.2) is 60.1 Å². The number of alkyl halides is 6. The van der Waals surface area contributed by atoms with E-state index in [0.717, 1.165) is 38.8 Å². The third-order valence-corrected chi connectivity index (χ3v) is 4.26. The van der Waals surface area contributed by atoms with Crippen molar-refractivity contribution >= 4 is 80.0 Å². The van der Waals surface area contributed by atoms with Gasteiger partial charge >= 0.3 is 10.4 Å². The second-order valence-corrected chi connectivity index (χ2v) is 11.8.